The molecule has 1 atom stereocenters. The molecule has 0 spiro atoms. The van der Waals surface area contributed by atoms with E-state index in [9.17, 15) is 10.0 Å². The topological polar surface area (TPSA) is 136 Å². The minimum Gasteiger partial charge on any atom is -0.486 e. The first-order chi connectivity index (χ1) is 16.1. The zero-order valence-corrected chi connectivity index (χ0v) is 20.7. The van der Waals surface area contributed by atoms with E-state index in [1.165, 1.54) is 0 Å². The highest BCUT2D eigenvalue weighted by atomic mass is 16.8. The molecule has 1 unspecified atom stereocenters. The van der Waals surface area contributed by atoms with Gasteiger partial charge in [-0.3, -0.25) is 14.3 Å². The van der Waals surface area contributed by atoms with E-state index in [2.05, 4.69) is 16.7 Å². The molecule has 0 radical (unpaired) electrons. The first-order valence-corrected chi connectivity index (χ1v) is 11.2. The van der Waals surface area contributed by atoms with Crippen LogP contribution in [0.4, 0.5) is 0 Å². The Kier molecular flexibility index (Phi) is 8.01. The van der Waals surface area contributed by atoms with Crippen molar-refractivity contribution in [2.24, 2.45) is 5.73 Å². The van der Waals surface area contributed by atoms with E-state index in [-0.39, 0.29) is 29.6 Å². The second kappa shape index (κ2) is 10.6. The molecule has 3 rings (SSSR count). The van der Waals surface area contributed by atoms with Gasteiger partial charge in [0, 0.05) is 24.4 Å². The van der Waals surface area contributed by atoms with Crippen molar-refractivity contribution in [2.45, 2.75) is 52.7 Å². The Morgan fingerprint density at radius 3 is 2.68 bits per heavy atom. The lowest BCUT2D eigenvalue weighted by Crippen LogP contribution is -2.46. The number of fused-ring (bicyclic) bond motifs is 1. The summed E-state index contributed by atoms with van der Waals surface area (Å²) >= 11 is 0. The number of carbonyl (C=O) groups is 1. The Bertz CT molecular complexity index is 1040. The third kappa shape index (κ3) is 5.43. The number of nitrogens with zero attached hydrogens (tertiary/aromatic N) is 3. The molecule has 188 valence electrons. The highest BCUT2D eigenvalue weighted by Gasteiger charge is 2.36. The quantitative estimate of drug-likeness (QED) is 0.290. The summed E-state index contributed by atoms with van der Waals surface area (Å²) in [4.78, 5) is 13.5. The number of methoxy groups -OCH3 is 1. The molecule has 11 nitrogen and oxygen atoms in total. The van der Waals surface area contributed by atoms with Crippen molar-refractivity contribution in [3.63, 3.8) is 0 Å². The van der Waals surface area contributed by atoms with Crippen LogP contribution in [0.5, 0.6) is 11.5 Å². The van der Waals surface area contributed by atoms with Crippen molar-refractivity contribution >= 4 is 5.91 Å². The molecule has 1 aromatic heterocycles. The fraction of sp³-hybridized carbons (Fsp3) is 0.609. The van der Waals surface area contributed by atoms with Crippen molar-refractivity contribution in [2.75, 3.05) is 40.7 Å². The zero-order chi connectivity index (χ0) is 25.0. The summed E-state index contributed by atoms with van der Waals surface area (Å²) < 4.78 is 27.5. The van der Waals surface area contributed by atoms with Gasteiger partial charge in [0.2, 0.25) is 5.69 Å². The van der Waals surface area contributed by atoms with Gasteiger partial charge in [0.1, 0.15) is 17.1 Å². The van der Waals surface area contributed by atoms with Crippen LogP contribution < -0.4 is 20.1 Å². The molecule has 2 aromatic rings. The fourth-order valence-corrected chi connectivity index (χ4v) is 4.41. The monoisotopic (exact) mass is 478 g/mol. The lowest BCUT2D eigenvalue weighted by Gasteiger charge is -2.40. The lowest BCUT2D eigenvalue weighted by molar-refractivity contribution is -0.803. The van der Waals surface area contributed by atoms with Crippen molar-refractivity contribution in [1.82, 2.24) is 10.1 Å². The van der Waals surface area contributed by atoms with E-state index in [1.807, 2.05) is 32.7 Å². The molecule has 0 saturated heterocycles. The van der Waals surface area contributed by atoms with E-state index < -0.39 is 11.5 Å². The number of aromatic nitrogens is 2. The third-order valence-corrected chi connectivity index (χ3v) is 6.22. The maximum Gasteiger partial charge on any atom is 0.297 e. The first-order valence-electron chi connectivity index (χ1n) is 11.2. The number of likely N-dealkylation sites (N-methyl/N-ethyl adjacent to an activating group) is 1. The fourth-order valence-electron chi connectivity index (χ4n) is 4.41. The molecule has 0 fully saturated rings. The summed E-state index contributed by atoms with van der Waals surface area (Å²) in [6.07, 6.45) is 1.60. The maximum atomic E-state index is 11.6. The Morgan fingerprint density at radius 2 is 2.00 bits per heavy atom. The number of ether oxygens (including phenoxy) is 4. The van der Waals surface area contributed by atoms with Crippen LogP contribution in [0, 0.1) is 26.0 Å². The van der Waals surface area contributed by atoms with Gasteiger partial charge in [-0.15, -0.1) is 0 Å². The number of hydrogen-bond donors (Lipinski definition) is 1. The van der Waals surface area contributed by atoms with Crippen molar-refractivity contribution in [3.05, 3.63) is 38.8 Å². The van der Waals surface area contributed by atoms with Crippen LogP contribution in [0.3, 0.4) is 0 Å². The zero-order valence-electron chi connectivity index (χ0n) is 20.7. The molecule has 0 aliphatic carbocycles. The molecular weight excluding hydrogens is 444 g/mol. The van der Waals surface area contributed by atoms with Crippen LogP contribution in [-0.2, 0) is 22.4 Å². The van der Waals surface area contributed by atoms with E-state index >= 15 is 0 Å². The molecule has 2 N–H and O–H groups in total. The number of rotatable bonds is 11. The van der Waals surface area contributed by atoms with Crippen molar-refractivity contribution in [3.8, 4) is 11.5 Å². The number of nitrogens with two attached hydrogens (primary N) is 1. The Labute approximate surface area is 199 Å². The number of benzene rings is 1. The minimum atomic E-state index is -0.877. The van der Waals surface area contributed by atoms with Gasteiger partial charge in [0.15, 0.2) is 6.79 Å². The summed E-state index contributed by atoms with van der Waals surface area (Å²) in [5.74, 6) is 0.827. The molecule has 1 aromatic carbocycles. The molecule has 0 bridgehead atoms. The summed E-state index contributed by atoms with van der Waals surface area (Å²) in [5, 5.41) is 15.3. The van der Waals surface area contributed by atoms with Gasteiger partial charge in [0.25, 0.3) is 11.6 Å². The number of hydrogen-bond acceptors (Lipinski definition) is 9. The largest absolute Gasteiger partial charge is 0.486 e. The molecule has 1 aliphatic rings. The number of amides is 1. The van der Waals surface area contributed by atoms with Gasteiger partial charge < -0.3 is 29.9 Å². The molecule has 34 heavy (non-hydrogen) atoms. The van der Waals surface area contributed by atoms with Gasteiger partial charge in [-0.05, 0) is 69.2 Å². The maximum absolute atomic E-state index is 11.6. The predicted molar refractivity (Wildman–Crippen MR) is 122 cm³/mol. The second-order valence-corrected chi connectivity index (χ2v) is 8.99. The predicted octanol–water partition coefficient (Wildman–Crippen LogP) is 1.55. The van der Waals surface area contributed by atoms with Gasteiger partial charge in [-0.1, -0.05) is 0 Å². The molecule has 11 heteroatoms. The van der Waals surface area contributed by atoms with Gasteiger partial charge in [-0.2, -0.15) is 0 Å². The molecule has 1 aliphatic heterocycles. The van der Waals surface area contributed by atoms with Crippen LogP contribution in [0.1, 0.15) is 51.8 Å². The van der Waals surface area contributed by atoms with E-state index in [1.54, 1.807) is 7.11 Å². The average molecular weight is 479 g/mol. The van der Waals surface area contributed by atoms with Crippen LogP contribution in [0.25, 0.3) is 0 Å². The van der Waals surface area contributed by atoms with E-state index in [0.717, 1.165) is 46.6 Å². The first kappa shape index (κ1) is 25.7. The lowest BCUT2D eigenvalue weighted by atomic mass is 9.87. The smallest absolute Gasteiger partial charge is 0.297 e. The summed E-state index contributed by atoms with van der Waals surface area (Å²) in [7, 11) is 3.49. The molecule has 2 heterocycles. The van der Waals surface area contributed by atoms with E-state index in [0.29, 0.717) is 19.8 Å². The van der Waals surface area contributed by atoms with Crippen molar-refractivity contribution < 1.29 is 33.3 Å². The molecular formula is C23H34N4O7. The SMILES string of the molecule is COCCOCOc1c(C)c(C)c2c(c1C)CCC(C)(CN(C)Cc1no[n+]([O-])c1C(N)=O)O2. The third-order valence-electron chi connectivity index (χ3n) is 6.22. The second-order valence-electron chi connectivity index (χ2n) is 8.99. The van der Waals surface area contributed by atoms with Gasteiger partial charge in [0.05, 0.1) is 19.8 Å². The number of carbonyl (C=O) groups excluding carboxylic acids is 1. The standard InChI is InChI=1S/C23H34N4O7/c1-14-15(2)21-17(16(3)20(14)32-13-31-10-9-30-6)7-8-23(4,33-21)12-26(5)11-18-19(22(24)28)27(29)34-25-18/h7-13H2,1-6H3,(H2,24,28). The Morgan fingerprint density at radius 1 is 1.26 bits per heavy atom. The highest BCUT2D eigenvalue weighted by Crippen LogP contribution is 2.44. The van der Waals surface area contributed by atoms with Gasteiger partial charge >= 0.3 is 0 Å². The van der Waals surface area contributed by atoms with Crippen LogP contribution in [0.2, 0.25) is 0 Å². The van der Waals surface area contributed by atoms with Crippen LogP contribution >= 0.6 is 0 Å². The van der Waals surface area contributed by atoms with Gasteiger partial charge in [-0.25, -0.2) is 0 Å². The Hall–Kier alpha value is -2.89. The summed E-state index contributed by atoms with van der Waals surface area (Å²) in [6, 6.07) is 0. The summed E-state index contributed by atoms with van der Waals surface area (Å²) in [5.41, 5.74) is 8.94. The number of primary amides is 1. The van der Waals surface area contributed by atoms with E-state index in [4.69, 9.17) is 24.7 Å². The summed E-state index contributed by atoms with van der Waals surface area (Å²) in [6.45, 7) is 10.0. The van der Waals surface area contributed by atoms with Crippen LogP contribution in [0.15, 0.2) is 4.63 Å². The van der Waals surface area contributed by atoms with Crippen LogP contribution in [-0.4, -0.2) is 62.3 Å². The average Bonchev–Trinajstić information content (AvgIpc) is 3.13. The minimum absolute atomic E-state index is 0.0395. The highest BCUT2D eigenvalue weighted by molar-refractivity contribution is 5.90. The molecule has 1 amide bonds. The molecule has 0 saturated carbocycles. The Balaban J connectivity index is 1.73. The van der Waals surface area contributed by atoms with Crippen molar-refractivity contribution in [1.29, 1.82) is 0 Å². The normalized spacial score (nSPS) is 17.5.